The van der Waals surface area contributed by atoms with Gasteiger partial charge in [-0.1, -0.05) is 18.2 Å². The predicted octanol–water partition coefficient (Wildman–Crippen LogP) is 3.97. The lowest BCUT2D eigenvalue weighted by atomic mass is 10.2. The highest BCUT2D eigenvalue weighted by Gasteiger charge is 2.08. The van der Waals surface area contributed by atoms with Crippen molar-refractivity contribution >= 4 is 38.2 Å². The van der Waals surface area contributed by atoms with Gasteiger partial charge in [0.1, 0.15) is 0 Å². The second kappa shape index (κ2) is 4.88. The highest BCUT2D eigenvalue weighted by molar-refractivity contribution is 9.10. The van der Waals surface area contributed by atoms with Crippen LogP contribution < -0.4 is 5.73 Å². The van der Waals surface area contributed by atoms with Crippen molar-refractivity contribution < 1.29 is 0 Å². The van der Waals surface area contributed by atoms with Crippen molar-refractivity contribution in [1.29, 1.82) is 0 Å². The zero-order chi connectivity index (χ0) is 12.5. The Morgan fingerprint density at radius 2 is 2.06 bits per heavy atom. The maximum atomic E-state index is 5.85. The van der Waals surface area contributed by atoms with Crippen LogP contribution in [0.2, 0.25) is 0 Å². The van der Waals surface area contributed by atoms with Gasteiger partial charge < -0.3 is 10.3 Å². The molecular formula is C14H13BrN2S. The van der Waals surface area contributed by atoms with Crippen molar-refractivity contribution in [2.24, 2.45) is 5.73 Å². The smallest absolute Gasteiger partial charge is 0.0573 e. The van der Waals surface area contributed by atoms with Crippen molar-refractivity contribution in [3.63, 3.8) is 0 Å². The van der Waals surface area contributed by atoms with Crippen LogP contribution in [-0.2, 0) is 13.1 Å². The van der Waals surface area contributed by atoms with E-state index >= 15 is 0 Å². The number of halogens is 1. The maximum Gasteiger partial charge on any atom is 0.0573 e. The third-order valence-corrected chi connectivity index (χ3v) is 4.72. The van der Waals surface area contributed by atoms with Gasteiger partial charge in [0.25, 0.3) is 0 Å². The predicted molar refractivity (Wildman–Crippen MR) is 81.0 cm³/mol. The fourth-order valence-corrected chi connectivity index (χ4v) is 3.65. The summed E-state index contributed by atoms with van der Waals surface area (Å²) in [7, 11) is 0. The molecule has 2 aromatic heterocycles. The molecule has 0 bridgehead atoms. The molecule has 0 spiro atoms. The molecule has 2 N–H and O–H groups in total. The van der Waals surface area contributed by atoms with E-state index in [0.29, 0.717) is 6.54 Å². The molecule has 18 heavy (non-hydrogen) atoms. The van der Waals surface area contributed by atoms with Gasteiger partial charge in [-0.2, -0.15) is 0 Å². The zero-order valence-electron chi connectivity index (χ0n) is 9.77. The normalized spacial score (nSPS) is 11.2. The van der Waals surface area contributed by atoms with E-state index < -0.39 is 0 Å². The Kier molecular flexibility index (Phi) is 3.24. The van der Waals surface area contributed by atoms with Gasteiger partial charge in [-0.15, -0.1) is 11.3 Å². The third-order valence-electron chi connectivity index (χ3n) is 3.04. The summed E-state index contributed by atoms with van der Waals surface area (Å²) in [6.45, 7) is 1.46. The molecule has 0 fully saturated rings. The van der Waals surface area contributed by atoms with Crippen LogP contribution in [0, 0.1) is 0 Å². The van der Waals surface area contributed by atoms with Crippen molar-refractivity contribution in [2.75, 3.05) is 0 Å². The Bertz CT molecular complexity index is 684. The minimum Gasteiger partial charge on any atom is -0.338 e. The second-order valence-electron chi connectivity index (χ2n) is 4.22. The first-order chi connectivity index (χ1) is 8.78. The number of para-hydroxylation sites is 1. The number of benzene rings is 1. The van der Waals surface area contributed by atoms with Gasteiger partial charge in [0.05, 0.1) is 6.54 Å². The molecule has 1 aromatic carbocycles. The Morgan fingerprint density at radius 3 is 2.78 bits per heavy atom. The van der Waals surface area contributed by atoms with Crippen LogP contribution in [0.15, 0.2) is 46.3 Å². The van der Waals surface area contributed by atoms with E-state index in [1.807, 2.05) is 0 Å². The van der Waals surface area contributed by atoms with Crippen molar-refractivity contribution in [2.45, 2.75) is 13.1 Å². The molecule has 0 unspecified atom stereocenters. The maximum absolute atomic E-state index is 5.85. The molecule has 3 rings (SSSR count). The Balaban J connectivity index is 2.09. The van der Waals surface area contributed by atoms with Gasteiger partial charge in [0, 0.05) is 32.5 Å². The number of nitrogens with zero attached hydrogens (tertiary/aromatic N) is 1. The average Bonchev–Trinajstić information content (AvgIpc) is 2.94. The largest absolute Gasteiger partial charge is 0.338 e. The lowest BCUT2D eigenvalue weighted by molar-refractivity contribution is 0.777. The topological polar surface area (TPSA) is 30.9 Å². The van der Waals surface area contributed by atoms with E-state index in [1.165, 1.54) is 21.5 Å². The summed E-state index contributed by atoms with van der Waals surface area (Å²) in [5, 5.41) is 3.37. The Labute approximate surface area is 118 Å². The summed E-state index contributed by atoms with van der Waals surface area (Å²) >= 11 is 5.27. The number of thiophene rings is 1. The monoisotopic (exact) mass is 320 g/mol. The molecule has 0 saturated heterocycles. The molecule has 0 amide bonds. The van der Waals surface area contributed by atoms with Gasteiger partial charge in [-0.05, 0) is 39.5 Å². The number of nitrogens with two attached hydrogens (primary N) is 1. The fourth-order valence-electron chi connectivity index (χ4n) is 2.22. The lowest BCUT2D eigenvalue weighted by Crippen LogP contribution is -2.07. The van der Waals surface area contributed by atoms with Gasteiger partial charge in [0.15, 0.2) is 0 Å². The van der Waals surface area contributed by atoms with Crippen LogP contribution in [0.3, 0.4) is 0 Å². The second-order valence-corrected chi connectivity index (χ2v) is 6.13. The third kappa shape index (κ3) is 2.11. The Morgan fingerprint density at radius 1 is 1.22 bits per heavy atom. The van der Waals surface area contributed by atoms with Crippen LogP contribution in [0.1, 0.15) is 10.6 Å². The summed E-state index contributed by atoms with van der Waals surface area (Å²) in [6, 6.07) is 12.8. The molecule has 3 aromatic rings. The summed E-state index contributed by atoms with van der Waals surface area (Å²) in [6.07, 6.45) is 0. The van der Waals surface area contributed by atoms with E-state index in [2.05, 4.69) is 62.3 Å². The number of rotatable bonds is 3. The van der Waals surface area contributed by atoms with E-state index in [0.717, 1.165) is 11.0 Å². The van der Waals surface area contributed by atoms with E-state index in [-0.39, 0.29) is 0 Å². The fraction of sp³-hybridized carbons (Fsp3) is 0.143. The van der Waals surface area contributed by atoms with E-state index in [1.54, 1.807) is 11.3 Å². The average molecular weight is 321 g/mol. The number of aromatic nitrogens is 1. The highest BCUT2D eigenvalue weighted by Crippen LogP contribution is 2.25. The minimum absolute atomic E-state index is 0.571. The molecule has 2 heterocycles. The van der Waals surface area contributed by atoms with Crippen LogP contribution in [0.4, 0.5) is 0 Å². The molecule has 4 heteroatoms. The van der Waals surface area contributed by atoms with Crippen LogP contribution >= 0.6 is 27.3 Å². The molecule has 92 valence electrons. The zero-order valence-corrected chi connectivity index (χ0v) is 12.2. The summed E-state index contributed by atoms with van der Waals surface area (Å²) in [5.74, 6) is 0. The van der Waals surface area contributed by atoms with Gasteiger partial charge in [0.2, 0.25) is 0 Å². The van der Waals surface area contributed by atoms with Crippen LogP contribution in [0.5, 0.6) is 0 Å². The molecule has 0 atom stereocenters. The van der Waals surface area contributed by atoms with Crippen LogP contribution in [-0.4, -0.2) is 4.57 Å². The summed E-state index contributed by atoms with van der Waals surface area (Å²) in [5.41, 5.74) is 8.28. The first kappa shape index (κ1) is 12.0. The first-order valence-electron chi connectivity index (χ1n) is 5.78. The van der Waals surface area contributed by atoms with Crippen molar-refractivity contribution in [3.8, 4) is 0 Å². The molecule has 0 aliphatic rings. The van der Waals surface area contributed by atoms with Crippen LogP contribution in [0.25, 0.3) is 10.9 Å². The SMILES string of the molecule is NCc1cc2ccccc2n1Cc1cc(Br)cs1. The van der Waals surface area contributed by atoms with E-state index in [4.69, 9.17) is 5.73 Å². The van der Waals surface area contributed by atoms with Gasteiger partial charge >= 0.3 is 0 Å². The quantitative estimate of drug-likeness (QED) is 0.777. The standard InChI is InChI=1S/C14H13BrN2S/c15-11-6-13(18-9-11)8-17-12(7-16)5-10-3-1-2-4-14(10)17/h1-6,9H,7-8,16H2. The van der Waals surface area contributed by atoms with Gasteiger partial charge in [-0.25, -0.2) is 0 Å². The molecule has 0 aliphatic carbocycles. The molecule has 0 aliphatic heterocycles. The molecule has 0 saturated carbocycles. The highest BCUT2D eigenvalue weighted by atomic mass is 79.9. The number of hydrogen-bond donors (Lipinski definition) is 1. The molecule has 0 radical (unpaired) electrons. The lowest BCUT2D eigenvalue weighted by Gasteiger charge is -2.07. The molecule has 2 nitrogen and oxygen atoms in total. The van der Waals surface area contributed by atoms with Crippen molar-refractivity contribution in [3.05, 3.63) is 56.8 Å². The van der Waals surface area contributed by atoms with Crippen molar-refractivity contribution in [1.82, 2.24) is 4.57 Å². The first-order valence-corrected chi connectivity index (χ1v) is 7.45. The molecular weight excluding hydrogens is 308 g/mol. The van der Waals surface area contributed by atoms with E-state index in [9.17, 15) is 0 Å². The number of fused-ring (bicyclic) bond motifs is 1. The van der Waals surface area contributed by atoms with Gasteiger partial charge in [-0.3, -0.25) is 0 Å². The summed E-state index contributed by atoms with van der Waals surface area (Å²) < 4.78 is 3.45. The minimum atomic E-state index is 0.571. The number of hydrogen-bond acceptors (Lipinski definition) is 2. The Hall–Kier alpha value is -1.10. The summed E-state index contributed by atoms with van der Waals surface area (Å²) in [4.78, 5) is 1.33.